The van der Waals surface area contributed by atoms with E-state index in [-0.39, 0.29) is 0 Å². The molecule has 21 heavy (non-hydrogen) atoms. The maximum absolute atomic E-state index is 2.30. The molecular weight excluding hydrogens is 256 g/mol. The lowest BCUT2D eigenvalue weighted by atomic mass is 10.1. The van der Waals surface area contributed by atoms with Crippen molar-refractivity contribution in [2.75, 3.05) is 20.8 Å². The van der Waals surface area contributed by atoms with Crippen molar-refractivity contribution in [3.8, 4) is 0 Å². The highest BCUT2D eigenvalue weighted by Gasteiger charge is 2.25. The third-order valence-electron chi connectivity index (χ3n) is 3.51. The minimum absolute atomic E-state index is 0.925. The van der Waals surface area contributed by atoms with Gasteiger partial charge in [-0.1, -0.05) is 74.5 Å². The molecule has 0 radical (unpaired) electrons. The minimum Gasteiger partial charge on any atom is -0.355 e. The highest BCUT2D eigenvalue weighted by Crippen LogP contribution is 2.35. The summed E-state index contributed by atoms with van der Waals surface area (Å²) in [7, 11) is 4.30. The van der Waals surface area contributed by atoms with Gasteiger partial charge in [0.15, 0.2) is 0 Å². The Hall–Kier alpha value is -2.22. The van der Waals surface area contributed by atoms with Crippen LogP contribution < -0.4 is 0 Å². The number of hydrogen-bond donors (Lipinski definition) is 0. The van der Waals surface area contributed by atoms with E-state index in [4.69, 9.17) is 0 Å². The average molecular weight is 280 g/mol. The van der Waals surface area contributed by atoms with Gasteiger partial charge in [-0.3, -0.25) is 0 Å². The summed E-state index contributed by atoms with van der Waals surface area (Å²) in [4.78, 5) is 4.61. The van der Waals surface area contributed by atoms with Gasteiger partial charge in [0.25, 0.3) is 0 Å². The number of hydrogen-bond acceptors (Lipinski definition) is 2. The lowest BCUT2D eigenvalue weighted by Crippen LogP contribution is -2.20. The Morgan fingerprint density at radius 1 is 0.619 bits per heavy atom. The minimum atomic E-state index is 0.925. The SMILES string of the molecule is CC.CN1CN(C)C(c2ccccc2)=C1c1ccccc1. The summed E-state index contributed by atoms with van der Waals surface area (Å²) in [6.07, 6.45) is 0. The summed E-state index contributed by atoms with van der Waals surface area (Å²) in [5, 5.41) is 0. The Balaban J connectivity index is 0.000000774. The molecule has 1 aliphatic heterocycles. The van der Waals surface area contributed by atoms with Crippen LogP contribution in [0.1, 0.15) is 25.0 Å². The monoisotopic (exact) mass is 280 g/mol. The largest absolute Gasteiger partial charge is 0.355 e. The quantitative estimate of drug-likeness (QED) is 0.806. The predicted molar refractivity (Wildman–Crippen MR) is 91.4 cm³/mol. The van der Waals surface area contributed by atoms with Crippen LogP contribution in [0.5, 0.6) is 0 Å². The van der Waals surface area contributed by atoms with Crippen molar-refractivity contribution in [1.29, 1.82) is 0 Å². The Labute approximate surface area is 128 Å². The lowest BCUT2D eigenvalue weighted by Gasteiger charge is -2.16. The topological polar surface area (TPSA) is 6.48 Å². The standard InChI is InChI=1S/C17H18N2.C2H6/c1-18-13-19(2)17(15-11-7-4-8-12-15)16(18)14-9-5-3-6-10-14;1-2/h3-12H,13H2,1-2H3;1-2H3. The zero-order valence-electron chi connectivity index (χ0n) is 13.4. The Morgan fingerprint density at radius 3 is 1.29 bits per heavy atom. The van der Waals surface area contributed by atoms with E-state index in [9.17, 15) is 0 Å². The van der Waals surface area contributed by atoms with Gasteiger partial charge in [0.2, 0.25) is 0 Å². The maximum atomic E-state index is 2.30. The molecule has 0 saturated heterocycles. The molecule has 0 unspecified atom stereocenters. The second kappa shape index (κ2) is 6.98. The summed E-state index contributed by atoms with van der Waals surface area (Å²) in [6, 6.07) is 21.2. The van der Waals surface area contributed by atoms with Crippen molar-refractivity contribution in [3.05, 3.63) is 71.8 Å². The molecule has 0 N–H and O–H groups in total. The van der Waals surface area contributed by atoms with Crippen LogP contribution >= 0.6 is 0 Å². The van der Waals surface area contributed by atoms with Crippen LogP contribution in [0.2, 0.25) is 0 Å². The Kier molecular flexibility index (Phi) is 5.04. The molecule has 110 valence electrons. The fourth-order valence-corrected chi connectivity index (χ4v) is 2.73. The van der Waals surface area contributed by atoms with Crippen LogP contribution in [-0.2, 0) is 0 Å². The van der Waals surface area contributed by atoms with Gasteiger partial charge in [0.05, 0.1) is 18.1 Å². The zero-order valence-corrected chi connectivity index (χ0v) is 13.4. The Bertz CT molecular complexity index is 534. The molecule has 2 nitrogen and oxygen atoms in total. The number of benzene rings is 2. The normalized spacial score (nSPS) is 14.1. The summed E-state index contributed by atoms with van der Waals surface area (Å²) in [5.74, 6) is 0. The maximum Gasteiger partial charge on any atom is 0.0898 e. The molecule has 1 heterocycles. The number of nitrogens with zero attached hydrogens (tertiary/aromatic N) is 2. The molecule has 0 amide bonds. The first-order valence-corrected chi connectivity index (χ1v) is 7.55. The second-order valence-corrected chi connectivity index (χ2v) is 4.97. The van der Waals surface area contributed by atoms with Crippen LogP contribution in [0.15, 0.2) is 60.7 Å². The highest BCUT2D eigenvalue weighted by atomic mass is 15.3. The van der Waals surface area contributed by atoms with E-state index in [2.05, 4.69) is 84.6 Å². The number of rotatable bonds is 2. The Morgan fingerprint density at radius 2 is 0.952 bits per heavy atom. The molecule has 2 heteroatoms. The predicted octanol–water partition coefficient (Wildman–Crippen LogP) is 4.37. The molecule has 0 aliphatic carbocycles. The van der Waals surface area contributed by atoms with Crippen LogP contribution in [-0.4, -0.2) is 30.6 Å². The summed E-state index contributed by atoms with van der Waals surface area (Å²) in [6.45, 7) is 4.93. The smallest absolute Gasteiger partial charge is 0.0898 e. The van der Waals surface area contributed by atoms with Crippen molar-refractivity contribution >= 4 is 11.4 Å². The molecule has 0 bridgehead atoms. The zero-order chi connectivity index (χ0) is 15.2. The van der Waals surface area contributed by atoms with Gasteiger partial charge < -0.3 is 9.80 Å². The summed E-state index contributed by atoms with van der Waals surface area (Å²) < 4.78 is 0. The third kappa shape index (κ3) is 3.10. The average Bonchev–Trinajstić information content (AvgIpc) is 2.85. The van der Waals surface area contributed by atoms with Crippen molar-refractivity contribution in [2.45, 2.75) is 13.8 Å². The first-order chi connectivity index (χ1) is 10.3. The summed E-state index contributed by atoms with van der Waals surface area (Å²) >= 11 is 0. The van der Waals surface area contributed by atoms with E-state index in [0.717, 1.165) is 6.67 Å². The van der Waals surface area contributed by atoms with Crippen molar-refractivity contribution in [1.82, 2.24) is 9.80 Å². The molecule has 1 aliphatic rings. The summed E-state index contributed by atoms with van der Waals surface area (Å²) in [5.41, 5.74) is 5.14. The fraction of sp³-hybridized carbons (Fsp3) is 0.263. The molecule has 0 saturated carbocycles. The fourth-order valence-electron chi connectivity index (χ4n) is 2.73. The van der Waals surface area contributed by atoms with Gasteiger partial charge in [-0.2, -0.15) is 0 Å². The lowest BCUT2D eigenvalue weighted by molar-refractivity contribution is 0.356. The molecule has 0 atom stereocenters. The van der Waals surface area contributed by atoms with Gasteiger partial charge in [-0.25, -0.2) is 0 Å². The molecule has 0 aromatic heterocycles. The second-order valence-electron chi connectivity index (χ2n) is 4.97. The van der Waals surface area contributed by atoms with Crippen LogP contribution in [0, 0.1) is 0 Å². The van der Waals surface area contributed by atoms with Crippen LogP contribution in [0.3, 0.4) is 0 Å². The van der Waals surface area contributed by atoms with E-state index in [1.54, 1.807) is 0 Å². The van der Waals surface area contributed by atoms with Gasteiger partial charge in [0, 0.05) is 14.1 Å². The van der Waals surface area contributed by atoms with E-state index in [1.165, 1.54) is 22.5 Å². The van der Waals surface area contributed by atoms with Gasteiger partial charge in [-0.15, -0.1) is 0 Å². The third-order valence-corrected chi connectivity index (χ3v) is 3.51. The highest BCUT2D eigenvalue weighted by molar-refractivity contribution is 5.90. The van der Waals surface area contributed by atoms with Crippen LogP contribution in [0.25, 0.3) is 11.4 Å². The molecule has 3 rings (SSSR count). The van der Waals surface area contributed by atoms with Crippen LogP contribution in [0.4, 0.5) is 0 Å². The molecular formula is C19H24N2. The van der Waals surface area contributed by atoms with E-state index >= 15 is 0 Å². The van der Waals surface area contributed by atoms with Gasteiger partial charge >= 0.3 is 0 Å². The van der Waals surface area contributed by atoms with Crippen molar-refractivity contribution in [3.63, 3.8) is 0 Å². The van der Waals surface area contributed by atoms with Gasteiger partial charge in [-0.05, 0) is 11.1 Å². The molecule has 2 aromatic rings. The van der Waals surface area contributed by atoms with Crippen molar-refractivity contribution in [2.24, 2.45) is 0 Å². The molecule has 0 fully saturated rings. The van der Waals surface area contributed by atoms with E-state index in [0.29, 0.717) is 0 Å². The first kappa shape index (κ1) is 15.2. The van der Waals surface area contributed by atoms with Crippen molar-refractivity contribution < 1.29 is 0 Å². The van der Waals surface area contributed by atoms with E-state index < -0.39 is 0 Å². The first-order valence-electron chi connectivity index (χ1n) is 7.55. The molecule has 2 aromatic carbocycles. The van der Waals surface area contributed by atoms with Gasteiger partial charge in [0.1, 0.15) is 0 Å². The molecule has 0 spiro atoms. The van der Waals surface area contributed by atoms with E-state index in [1.807, 2.05) is 13.8 Å².